The summed E-state index contributed by atoms with van der Waals surface area (Å²) in [7, 11) is 0. The molecule has 0 unspecified atom stereocenters. The molecule has 0 bridgehead atoms. The molecular weight excluding hydrogens is 415 g/mol. The topological polar surface area (TPSA) is 50.1 Å². The largest absolute Gasteiger partial charge is 0.341 e. The summed E-state index contributed by atoms with van der Waals surface area (Å²) >= 11 is 0. The summed E-state index contributed by atoms with van der Waals surface area (Å²) < 4.78 is 16.0. The summed E-state index contributed by atoms with van der Waals surface area (Å²) in [5.41, 5.74) is 3.93. The Labute approximate surface area is 194 Å². The van der Waals surface area contributed by atoms with Crippen LogP contribution in [-0.2, 0) is 25.0 Å². The summed E-state index contributed by atoms with van der Waals surface area (Å²) in [6, 6.07) is 8.84. The van der Waals surface area contributed by atoms with Crippen LogP contribution in [0, 0.1) is 18.7 Å². The van der Waals surface area contributed by atoms with Crippen LogP contribution in [0.25, 0.3) is 0 Å². The van der Waals surface area contributed by atoms with Gasteiger partial charge in [0.05, 0.1) is 11.4 Å². The van der Waals surface area contributed by atoms with E-state index < -0.39 is 0 Å². The number of anilines is 1. The fraction of sp³-hybridized carbons (Fsp3) is 0.500. The van der Waals surface area contributed by atoms with E-state index in [0.29, 0.717) is 0 Å². The van der Waals surface area contributed by atoms with E-state index in [1.165, 1.54) is 24.2 Å². The molecule has 3 aromatic rings. The van der Waals surface area contributed by atoms with Crippen molar-refractivity contribution >= 4 is 5.95 Å². The van der Waals surface area contributed by atoms with Crippen LogP contribution in [-0.4, -0.2) is 44.1 Å². The highest BCUT2D eigenvalue weighted by Gasteiger charge is 2.45. The second-order valence-corrected chi connectivity index (χ2v) is 10.1. The maximum Gasteiger partial charge on any atom is 0.225 e. The highest BCUT2D eigenvalue weighted by molar-refractivity contribution is 5.36. The van der Waals surface area contributed by atoms with E-state index in [1.807, 2.05) is 30.6 Å². The van der Waals surface area contributed by atoms with Crippen LogP contribution in [0.1, 0.15) is 48.5 Å². The van der Waals surface area contributed by atoms with E-state index in [4.69, 9.17) is 4.98 Å². The van der Waals surface area contributed by atoms with Gasteiger partial charge in [-0.25, -0.2) is 19.3 Å². The van der Waals surface area contributed by atoms with Crippen LogP contribution in [0.4, 0.5) is 10.3 Å². The normalized spacial score (nSPS) is 20.2. The van der Waals surface area contributed by atoms with Gasteiger partial charge in [0.15, 0.2) is 0 Å². The molecule has 1 aromatic carbocycles. The molecule has 7 heteroatoms. The molecule has 0 N–H and O–H groups in total. The average Bonchev–Trinajstić information content (AvgIpc) is 3.60. The minimum absolute atomic E-state index is 0.0401. The first kappa shape index (κ1) is 20.8. The lowest BCUT2D eigenvalue weighted by Gasteiger charge is -2.47. The Morgan fingerprint density at radius 3 is 2.48 bits per heavy atom. The first-order valence-corrected chi connectivity index (χ1v) is 12.1. The van der Waals surface area contributed by atoms with Crippen molar-refractivity contribution in [2.75, 3.05) is 24.5 Å². The molecule has 1 saturated heterocycles. The van der Waals surface area contributed by atoms with Crippen molar-refractivity contribution in [1.82, 2.24) is 24.4 Å². The van der Waals surface area contributed by atoms with E-state index in [9.17, 15) is 4.39 Å². The number of rotatable bonds is 5. The molecule has 4 heterocycles. The number of aromatic nitrogens is 4. The molecule has 1 aliphatic carbocycles. The molecule has 33 heavy (non-hydrogen) atoms. The third-order valence-corrected chi connectivity index (χ3v) is 7.68. The minimum atomic E-state index is -0.176. The molecule has 1 saturated carbocycles. The molecule has 2 aliphatic heterocycles. The van der Waals surface area contributed by atoms with Crippen LogP contribution >= 0.6 is 0 Å². The fourth-order valence-corrected chi connectivity index (χ4v) is 5.71. The standard InChI is InChI=1S/C26H31FN6/c1-19-30-24-23(33(19)16-21-3-4-21)17-31(15-20-5-7-22(27)8-6-20)18-26(24)9-13-32(14-10-26)25-28-11-2-12-29-25/h2,5-8,11-12,21H,3-4,9-10,13-18H2,1H3. The van der Waals surface area contributed by atoms with Gasteiger partial charge in [-0.2, -0.15) is 0 Å². The van der Waals surface area contributed by atoms with E-state index in [-0.39, 0.29) is 11.2 Å². The predicted octanol–water partition coefficient (Wildman–Crippen LogP) is 4.08. The number of fused-ring (bicyclic) bond motifs is 2. The summed E-state index contributed by atoms with van der Waals surface area (Å²) in [6.07, 6.45) is 8.39. The molecule has 1 spiro atoms. The van der Waals surface area contributed by atoms with Crippen LogP contribution in [0.3, 0.4) is 0 Å². The quantitative estimate of drug-likeness (QED) is 0.591. The number of hydrogen-bond acceptors (Lipinski definition) is 5. The molecule has 3 aliphatic rings. The van der Waals surface area contributed by atoms with Gasteiger partial charge in [-0.05, 0) is 62.3 Å². The number of imidazole rings is 1. The van der Waals surface area contributed by atoms with Gasteiger partial charge in [0, 0.05) is 57.1 Å². The Morgan fingerprint density at radius 2 is 1.79 bits per heavy atom. The molecule has 0 atom stereocenters. The van der Waals surface area contributed by atoms with Gasteiger partial charge >= 0.3 is 0 Å². The molecule has 6 rings (SSSR count). The monoisotopic (exact) mass is 446 g/mol. The Bertz CT molecular complexity index is 1110. The van der Waals surface area contributed by atoms with Crippen LogP contribution in [0.5, 0.6) is 0 Å². The van der Waals surface area contributed by atoms with Crippen molar-refractivity contribution in [2.24, 2.45) is 5.92 Å². The van der Waals surface area contributed by atoms with Crippen molar-refractivity contribution in [1.29, 1.82) is 0 Å². The highest BCUT2D eigenvalue weighted by Crippen LogP contribution is 2.43. The molecule has 0 amide bonds. The lowest BCUT2D eigenvalue weighted by molar-refractivity contribution is 0.138. The van der Waals surface area contributed by atoms with Gasteiger partial charge in [0.2, 0.25) is 5.95 Å². The van der Waals surface area contributed by atoms with E-state index in [2.05, 4.69) is 31.3 Å². The van der Waals surface area contributed by atoms with Gasteiger partial charge in [-0.15, -0.1) is 0 Å². The molecule has 172 valence electrons. The third kappa shape index (κ3) is 4.03. The van der Waals surface area contributed by atoms with E-state index in [1.54, 1.807) is 12.1 Å². The number of benzene rings is 1. The van der Waals surface area contributed by atoms with E-state index in [0.717, 1.165) is 75.4 Å². The fourth-order valence-electron chi connectivity index (χ4n) is 5.71. The van der Waals surface area contributed by atoms with Gasteiger partial charge in [-0.1, -0.05) is 12.1 Å². The van der Waals surface area contributed by atoms with E-state index >= 15 is 0 Å². The molecule has 6 nitrogen and oxygen atoms in total. The first-order valence-electron chi connectivity index (χ1n) is 12.1. The Morgan fingerprint density at radius 1 is 1.06 bits per heavy atom. The van der Waals surface area contributed by atoms with Crippen LogP contribution in [0.15, 0.2) is 42.7 Å². The minimum Gasteiger partial charge on any atom is -0.341 e. The van der Waals surface area contributed by atoms with Crippen molar-refractivity contribution in [3.05, 3.63) is 71.3 Å². The number of nitrogens with zero attached hydrogens (tertiary/aromatic N) is 6. The SMILES string of the molecule is Cc1nc2c(n1CC1CC1)CN(Cc1ccc(F)cc1)CC21CCN(c2ncccn2)CC1. The maximum atomic E-state index is 13.5. The number of halogens is 1. The van der Waals surface area contributed by atoms with Crippen molar-refractivity contribution in [3.8, 4) is 0 Å². The smallest absolute Gasteiger partial charge is 0.225 e. The van der Waals surface area contributed by atoms with Crippen molar-refractivity contribution < 1.29 is 4.39 Å². The van der Waals surface area contributed by atoms with Gasteiger partial charge in [0.25, 0.3) is 0 Å². The van der Waals surface area contributed by atoms with Gasteiger partial charge in [-0.3, -0.25) is 4.90 Å². The number of hydrogen-bond donors (Lipinski definition) is 0. The Balaban J connectivity index is 1.31. The summed E-state index contributed by atoms with van der Waals surface area (Å²) in [5.74, 6) is 2.61. The lowest BCUT2D eigenvalue weighted by Crippen LogP contribution is -2.52. The molecule has 0 radical (unpaired) electrons. The zero-order valence-corrected chi connectivity index (χ0v) is 19.3. The predicted molar refractivity (Wildman–Crippen MR) is 125 cm³/mol. The van der Waals surface area contributed by atoms with Gasteiger partial charge in [0.1, 0.15) is 11.6 Å². The Kier molecular flexibility index (Phi) is 5.17. The second kappa shape index (κ2) is 8.20. The number of aryl methyl sites for hydroxylation is 1. The van der Waals surface area contributed by atoms with Crippen molar-refractivity contribution in [2.45, 2.75) is 57.7 Å². The summed E-state index contributed by atoms with van der Waals surface area (Å²) in [5, 5.41) is 0. The summed E-state index contributed by atoms with van der Waals surface area (Å²) in [4.78, 5) is 19.0. The highest BCUT2D eigenvalue weighted by atomic mass is 19.1. The van der Waals surface area contributed by atoms with Crippen molar-refractivity contribution in [3.63, 3.8) is 0 Å². The molecule has 2 aromatic heterocycles. The molecular formula is C26H31FN6. The van der Waals surface area contributed by atoms with Gasteiger partial charge < -0.3 is 9.47 Å². The summed E-state index contributed by atoms with van der Waals surface area (Å²) in [6.45, 7) is 7.87. The van der Waals surface area contributed by atoms with Crippen LogP contribution < -0.4 is 4.90 Å². The maximum absolute atomic E-state index is 13.5. The number of piperidine rings is 1. The lowest BCUT2D eigenvalue weighted by atomic mass is 9.72. The Hall–Kier alpha value is -2.80. The average molecular weight is 447 g/mol. The molecule has 2 fully saturated rings. The van der Waals surface area contributed by atoms with Crippen LogP contribution in [0.2, 0.25) is 0 Å². The zero-order chi connectivity index (χ0) is 22.4. The zero-order valence-electron chi connectivity index (χ0n) is 19.3. The second-order valence-electron chi connectivity index (χ2n) is 10.1. The first-order chi connectivity index (χ1) is 16.1. The third-order valence-electron chi connectivity index (χ3n) is 7.68.